The van der Waals surface area contributed by atoms with Crippen LogP contribution in [0.2, 0.25) is 0 Å². The van der Waals surface area contributed by atoms with Crippen LogP contribution in [0.15, 0.2) is 24.3 Å². The molecule has 1 aliphatic carbocycles. The number of nitrogens with one attached hydrogen (secondary N) is 1. The van der Waals surface area contributed by atoms with Crippen molar-refractivity contribution in [3.05, 3.63) is 35.4 Å². The van der Waals surface area contributed by atoms with Crippen molar-refractivity contribution in [2.24, 2.45) is 11.8 Å². The van der Waals surface area contributed by atoms with E-state index in [1.165, 1.54) is 49.7 Å². The predicted molar refractivity (Wildman–Crippen MR) is 88.0 cm³/mol. The minimum absolute atomic E-state index is 0.544. The molecule has 112 valence electrons. The summed E-state index contributed by atoms with van der Waals surface area (Å²) >= 11 is 0. The van der Waals surface area contributed by atoms with E-state index in [2.05, 4.69) is 50.4 Å². The highest BCUT2D eigenvalue weighted by Crippen LogP contribution is 2.42. The van der Waals surface area contributed by atoms with Crippen molar-refractivity contribution in [2.75, 3.05) is 6.54 Å². The Labute approximate surface area is 125 Å². The van der Waals surface area contributed by atoms with Crippen LogP contribution < -0.4 is 5.32 Å². The quantitative estimate of drug-likeness (QED) is 0.659. The van der Waals surface area contributed by atoms with Crippen LogP contribution in [0, 0.1) is 11.8 Å². The van der Waals surface area contributed by atoms with Crippen LogP contribution in [0.3, 0.4) is 0 Å². The van der Waals surface area contributed by atoms with Crippen molar-refractivity contribution in [1.29, 1.82) is 0 Å². The molecule has 1 fully saturated rings. The minimum atomic E-state index is 0.544. The summed E-state index contributed by atoms with van der Waals surface area (Å²) in [5.74, 6) is 1.71. The number of benzene rings is 1. The molecule has 1 saturated carbocycles. The minimum Gasteiger partial charge on any atom is -0.310 e. The lowest BCUT2D eigenvalue weighted by Crippen LogP contribution is -2.28. The molecule has 2 rings (SSSR count). The van der Waals surface area contributed by atoms with Gasteiger partial charge >= 0.3 is 0 Å². The molecule has 1 N–H and O–H groups in total. The number of unbranched alkanes of at least 4 members (excludes halogenated alkanes) is 1. The molecule has 1 heteroatoms. The highest BCUT2D eigenvalue weighted by atomic mass is 14.9. The molecule has 2 atom stereocenters. The molecule has 1 aromatic rings. The molecule has 0 aromatic heterocycles. The lowest BCUT2D eigenvalue weighted by molar-refractivity contribution is 0.350. The second-order valence-corrected chi connectivity index (χ2v) is 6.47. The van der Waals surface area contributed by atoms with Crippen LogP contribution in [0.1, 0.15) is 70.0 Å². The summed E-state index contributed by atoms with van der Waals surface area (Å²) in [6.45, 7) is 8.06. The van der Waals surface area contributed by atoms with E-state index in [0.29, 0.717) is 6.04 Å². The molecule has 0 aliphatic heterocycles. The zero-order chi connectivity index (χ0) is 14.4. The number of rotatable bonds is 9. The monoisotopic (exact) mass is 273 g/mol. The molecule has 2 unspecified atom stereocenters. The predicted octanol–water partition coefficient (Wildman–Crippen LogP) is 5.12. The van der Waals surface area contributed by atoms with Crippen LogP contribution in [0.25, 0.3) is 0 Å². The molecule has 0 bridgehead atoms. The molecule has 0 spiro atoms. The normalized spacial score (nSPS) is 17.9. The van der Waals surface area contributed by atoms with Gasteiger partial charge < -0.3 is 5.32 Å². The summed E-state index contributed by atoms with van der Waals surface area (Å²) in [5, 5.41) is 3.77. The highest BCUT2D eigenvalue weighted by molar-refractivity contribution is 5.26. The van der Waals surface area contributed by atoms with Crippen molar-refractivity contribution in [2.45, 2.75) is 65.3 Å². The fourth-order valence-corrected chi connectivity index (χ4v) is 3.07. The third kappa shape index (κ3) is 4.34. The molecule has 20 heavy (non-hydrogen) atoms. The molecule has 1 nitrogen and oxygen atoms in total. The van der Waals surface area contributed by atoms with Gasteiger partial charge in [-0.1, -0.05) is 51.5 Å². The molecular weight excluding hydrogens is 242 g/mol. The van der Waals surface area contributed by atoms with E-state index >= 15 is 0 Å². The van der Waals surface area contributed by atoms with Gasteiger partial charge in [-0.2, -0.15) is 0 Å². The van der Waals surface area contributed by atoms with Gasteiger partial charge in [0.2, 0.25) is 0 Å². The lowest BCUT2D eigenvalue weighted by atomic mass is 9.89. The van der Waals surface area contributed by atoms with E-state index in [0.717, 1.165) is 18.4 Å². The van der Waals surface area contributed by atoms with Crippen LogP contribution in [-0.2, 0) is 6.42 Å². The Kier molecular flexibility index (Phi) is 6.09. The van der Waals surface area contributed by atoms with E-state index in [-0.39, 0.29) is 0 Å². The molecule has 0 amide bonds. The van der Waals surface area contributed by atoms with Gasteiger partial charge in [-0.05, 0) is 61.6 Å². The van der Waals surface area contributed by atoms with Gasteiger partial charge in [0.15, 0.2) is 0 Å². The zero-order valence-electron chi connectivity index (χ0n) is 13.5. The second-order valence-electron chi connectivity index (χ2n) is 6.47. The molecular formula is C19H31N. The summed E-state index contributed by atoms with van der Waals surface area (Å²) in [7, 11) is 0. The van der Waals surface area contributed by atoms with Gasteiger partial charge in [-0.15, -0.1) is 0 Å². The maximum atomic E-state index is 3.77. The first-order chi connectivity index (χ1) is 9.76. The summed E-state index contributed by atoms with van der Waals surface area (Å²) < 4.78 is 0. The first kappa shape index (κ1) is 15.6. The van der Waals surface area contributed by atoms with Gasteiger partial charge in [0.25, 0.3) is 0 Å². The first-order valence-electron chi connectivity index (χ1n) is 8.58. The lowest BCUT2D eigenvalue weighted by Gasteiger charge is -2.26. The summed E-state index contributed by atoms with van der Waals surface area (Å²) in [5.41, 5.74) is 2.97. The summed E-state index contributed by atoms with van der Waals surface area (Å²) in [4.78, 5) is 0. The van der Waals surface area contributed by atoms with Gasteiger partial charge in [0, 0.05) is 6.04 Å². The largest absolute Gasteiger partial charge is 0.310 e. The Balaban J connectivity index is 2.02. The topological polar surface area (TPSA) is 12.0 Å². The smallest absolute Gasteiger partial charge is 0.0348 e. The first-order valence-corrected chi connectivity index (χ1v) is 8.58. The van der Waals surface area contributed by atoms with Gasteiger partial charge in [0.1, 0.15) is 0 Å². The van der Waals surface area contributed by atoms with Crippen LogP contribution in [0.5, 0.6) is 0 Å². The van der Waals surface area contributed by atoms with Gasteiger partial charge in [-0.3, -0.25) is 0 Å². The van der Waals surface area contributed by atoms with Crippen molar-refractivity contribution >= 4 is 0 Å². The maximum Gasteiger partial charge on any atom is 0.0348 e. The average Bonchev–Trinajstić information content (AvgIpc) is 3.31. The SMILES string of the molecule is CCCCc1ccc(C(NCCC)C(C)C2CC2)cc1. The standard InChI is InChI=1S/C19H31N/c1-4-6-7-16-8-10-18(11-9-16)19(20-14-5-2)15(3)17-12-13-17/h8-11,15,17,19-20H,4-7,12-14H2,1-3H3. The van der Waals surface area contributed by atoms with Crippen molar-refractivity contribution in [3.8, 4) is 0 Å². The van der Waals surface area contributed by atoms with E-state index in [4.69, 9.17) is 0 Å². The van der Waals surface area contributed by atoms with Crippen molar-refractivity contribution in [3.63, 3.8) is 0 Å². The Morgan fingerprint density at radius 1 is 1.10 bits per heavy atom. The average molecular weight is 273 g/mol. The number of hydrogen-bond donors (Lipinski definition) is 1. The molecule has 1 aliphatic rings. The third-order valence-electron chi connectivity index (χ3n) is 4.66. The number of aryl methyl sites for hydroxylation is 1. The van der Waals surface area contributed by atoms with E-state index in [1.807, 2.05) is 0 Å². The maximum absolute atomic E-state index is 3.77. The molecule has 0 heterocycles. The molecule has 1 aromatic carbocycles. The van der Waals surface area contributed by atoms with Gasteiger partial charge in [-0.25, -0.2) is 0 Å². The molecule has 0 radical (unpaired) electrons. The van der Waals surface area contributed by atoms with E-state index in [9.17, 15) is 0 Å². The van der Waals surface area contributed by atoms with Crippen LogP contribution >= 0.6 is 0 Å². The van der Waals surface area contributed by atoms with Crippen molar-refractivity contribution in [1.82, 2.24) is 5.32 Å². The van der Waals surface area contributed by atoms with E-state index in [1.54, 1.807) is 0 Å². The Morgan fingerprint density at radius 2 is 1.80 bits per heavy atom. The fourth-order valence-electron chi connectivity index (χ4n) is 3.07. The highest BCUT2D eigenvalue weighted by Gasteiger charge is 2.33. The van der Waals surface area contributed by atoms with Crippen molar-refractivity contribution < 1.29 is 0 Å². The van der Waals surface area contributed by atoms with Crippen LogP contribution in [0.4, 0.5) is 0 Å². The Morgan fingerprint density at radius 3 is 2.35 bits per heavy atom. The third-order valence-corrected chi connectivity index (χ3v) is 4.66. The summed E-state index contributed by atoms with van der Waals surface area (Å²) in [6.07, 6.45) is 7.88. The van der Waals surface area contributed by atoms with Gasteiger partial charge in [0.05, 0.1) is 0 Å². The Bertz CT molecular complexity index is 377. The van der Waals surface area contributed by atoms with Crippen LogP contribution in [-0.4, -0.2) is 6.54 Å². The summed E-state index contributed by atoms with van der Waals surface area (Å²) in [6, 6.07) is 9.94. The van der Waals surface area contributed by atoms with E-state index < -0.39 is 0 Å². The molecule has 0 saturated heterocycles. The fraction of sp³-hybridized carbons (Fsp3) is 0.684. The second kappa shape index (κ2) is 7.83. The zero-order valence-corrected chi connectivity index (χ0v) is 13.5. The number of hydrogen-bond acceptors (Lipinski definition) is 1. The Hall–Kier alpha value is -0.820.